The second kappa shape index (κ2) is 13.2. The van der Waals surface area contributed by atoms with Crippen LogP contribution in [0.15, 0.2) is 200 Å². The van der Waals surface area contributed by atoms with Gasteiger partial charge >= 0.3 is 0 Å². The van der Waals surface area contributed by atoms with Crippen LogP contribution in [0.4, 0.5) is 17.1 Å². The molecule has 0 saturated carbocycles. The number of thiophene rings is 1. The Labute approximate surface area is 337 Å². The second-order valence-corrected chi connectivity index (χ2v) is 16.8. The quantitative estimate of drug-likeness (QED) is 0.164. The highest BCUT2D eigenvalue weighted by Crippen LogP contribution is 2.50. The van der Waals surface area contributed by atoms with Gasteiger partial charge in [-0.3, -0.25) is 0 Å². The number of anilines is 3. The van der Waals surface area contributed by atoms with Gasteiger partial charge < -0.3 is 4.90 Å². The molecule has 1 aromatic heterocycles. The number of fused-ring (bicyclic) bond motifs is 7. The molecule has 0 radical (unpaired) electrons. The van der Waals surface area contributed by atoms with Gasteiger partial charge in [0.2, 0.25) is 0 Å². The average molecular weight is 746 g/mol. The van der Waals surface area contributed by atoms with E-state index in [-0.39, 0.29) is 5.41 Å². The van der Waals surface area contributed by atoms with E-state index in [2.05, 4.69) is 219 Å². The molecule has 1 aliphatic rings. The van der Waals surface area contributed by atoms with E-state index in [0.29, 0.717) is 0 Å². The van der Waals surface area contributed by atoms with Crippen molar-refractivity contribution < 1.29 is 0 Å². The maximum Gasteiger partial charge on any atom is 0.0462 e. The molecule has 10 aromatic rings. The van der Waals surface area contributed by atoms with Crippen molar-refractivity contribution >= 4 is 59.3 Å². The lowest BCUT2D eigenvalue weighted by molar-refractivity contribution is 0.660. The summed E-state index contributed by atoms with van der Waals surface area (Å²) in [5.41, 5.74) is 16.2. The van der Waals surface area contributed by atoms with Crippen LogP contribution < -0.4 is 4.90 Å². The Balaban J connectivity index is 0.966. The first kappa shape index (κ1) is 33.6. The van der Waals surface area contributed by atoms with Gasteiger partial charge in [-0.1, -0.05) is 159 Å². The molecular formula is C55H39NS. The second-order valence-electron chi connectivity index (χ2n) is 15.7. The van der Waals surface area contributed by atoms with Crippen molar-refractivity contribution in [2.75, 3.05) is 4.90 Å². The summed E-state index contributed by atoms with van der Waals surface area (Å²) in [4.78, 5) is 2.37. The summed E-state index contributed by atoms with van der Waals surface area (Å²) in [6.45, 7) is 4.70. The van der Waals surface area contributed by atoms with Gasteiger partial charge in [0.1, 0.15) is 0 Å². The van der Waals surface area contributed by atoms with Crippen molar-refractivity contribution in [2.45, 2.75) is 19.3 Å². The van der Waals surface area contributed by atoms with Gasteiger partial charge in [0.25, 0.3) is 0 Å². The molecule has 0 atom stereocenters. The van der Waals surface area contributed by atoms with E-state index < -0.39 is 0 Å². The molecule has 270 valence electrons. The smallest absolute Gasteiger partial charge is 0.0462 e. The zero-order valence-corrected chi connectivity index (χ0v) is 32.7. The van der Waals surface area contributed by atoms with Crippen LogP contribution in [-0.4, -0.2) is 0 Å². The summed E-state index contributed by atoms with van der Waals surface area (Å²) in [6, 6.07) is 73.8. The molecular weight excluding hydrogens is 707 g/mol. The molecule has 11 rings (SSSR count). The van der Waals surface area contributed by atoms with Gasteiger partial charge in [-0.2, -0.15) is 0 Å². The maximum absolute atomic E-state index is 2.41. The van der Waals surface area contributed by atoms with E-state index >= 15 is 0 Å². The molecule has 57 heavy (non-hydrogen) atoms. The predicted molar refractivity (Wildman–Crippen MR) is 245 cm³/mol. The lowest BCUT2D eigenvalue weighted by Crippen LogP contribution is -2.14. The van der Waals surface area contributed by atoms with Gasteiger partial charge in [0.15, 0.2) is 0 Å². The predicted octanol–water partition coefficient (Wildman–Crippen LogP) is 16.0. The molecule has 0 N–H and O–H groups in total. The largest absolute Gasteiger partial charge is 0.311 e. The third-order valence-electron chi connectivity index (χ3n) is 12.1. The summed E-state index contributed by atoms with van der Waals surface area (Å²) in [7, 11) is 0. The Kier molecular flexibility index (Phi) is 7.77. The third kappa shape index (κ3) is 5.59. The van der Waals surface area contributed by atoms with Gasteiger partial charge in [-0.15, -0.1) is 11.3 Å². The first-order valence-corrected chi connectivity index (χ1v) is 20.6. The zero-order valence-electron chi connectivity index (χ0n) is 31.9. The molecule has 0 amide bonds. The van der Waals surface area contributed by atoms with Crippen LogP contribution in [0.2, 0.25) is 0 Å². The fourth-order valence-corrected chi connectivity index (χ4v) is 10.3. The lowest BCUT2D eigenvalue weighted by atomic mass is 9.81. The Bertz CT molecular complexity index is 3130. The van der Waals surface area contributed by atoms with Crippen molar-refractivity contribution in [3.05, 3.63) is 211 Å². The van der Waals surface area contributed by atoms with Gasteiger partial charge in [0.05, 0.1) is 0 Å². The highest BCUT2D eigenvalue weighted by Gasteiger charge is 2.35. The normalized spacial score (nSPS) is 12.9. The monoisotopic (exact) mass is 745 g/mol. The van der Waals surface area contributed by atoms with Gasteiger partial charge in [-0.05, 0) is 121 Å². The summed E-state index contributed by atoms with van der Waals surface area (Å²) < 4.78 is 2.65. The molecule has 0 aliphatic heterocycles. The lowest BCUT2D eigenvalue weighted by Gasteiger charge is -2.26. The number of rotatable bonds is 6. The first-order chi connectivity index (χ1) is 28.0. The molecule has 0 bridgehead atoms. The molecule has 0 unspecified atom stereocenters. The molecule has 0 spiro atoms. The summed E-state index contributed by atoms with van der Waals surface area (Å²) >= 11 is 1.87. The minimum atomic E-state index is -0.0351. The van der Waals surface area contributed by atoms with Crippen molar-refractivity contribution in [2.24, 2.45) is 0 Å². The average Bonchev–Trinajstić information content (AvgIpc) is 3.75. The molecule has 1 nitrogen and oxygen atoms in total. The Morgan fingerprint density at radius 3 is 1.60 bits per heavy atom. The zero-order chi connectivity index (χ0) is 38.1. The molecule has 1 aliphatic carbocycles. The highest BCUT2D eigenvalue weighted by atomic mass is 32.1. The van der Waals surface area contributed by atoms with Crippen LogP contribution in [0.5, 0.6) is 0 Å². The van der Waals surface area contributed by atoms with Gasteiger partial charge in [-0.25, -0.2) is 0 Å². The topological polar surface area (TPSA) is 3.24 Å². The van der Waals surface area contributed by atoms with Crippen molar-refractivity contribution in [3.63, 3.8) is 0 Å². The van der Waals surface area contributed by atoms with Crippen LogP contribution in [0.3, 0.4) is 0 Å². The summed E-state index contributed by atoms with van der Waals surface area (Å²) in [5, 5.41) is 5.18. The summed E-state index contributed by atoms with van der Waals surface area (Å²) in [6.07, 6.45) is 0. The Morgan fingerprint density at radius 2 is 0.860 bits per heavy atom. The van der Waals surface area contributed by atoms with Crippen LogP contribution in [0.1, 0.15) is 25.0 Å². The molecule has 0 saturated heterocycles. The number of hydrogen-bond donors (Lipinski definition) is 0. The third-order valence-corrected chi connectivity index (χ3v) is 13.2. The Morgan fingerprint density at radius 1 is 0.351 bits per heavy atom. The van der Waals surface area contributed by atoms with Crippen LogP contribution in [0, 0.1) is 0 Å². The van der Waals surface area contributed by atoms with E-state index in [1.165, 1.54) is 86.6 Å². The molecule has 0 fully saturated rings. The minimum absolute atomic E-state index is 0.0351. The van der Waals surface area contributed by atoms with E-state index in [4.69, 9.17) is 0 Å². The fraction of sp³-hybridized carbons (Fsp3) is 0.0545. The van der Waals surface area contributed by atoms with Crippen molar-refractivity contribution in [1.82, 2.24) is 0 Å². The van der Waals surface area contributed by atoms with E-state index in [1.807, 2.05) is 11.3 Å². The standard InChI is InChI=1S/C55H39NS/c1-55(2)51-16-7-5-13-47(51)48-32-24-40(34-52(48)55)36-18-26-42(27-19-36)56(44-30-22-39(23-31-44)46-15-9-11-38-10-3-4-12-45(38)46)43-28-20-37(21-29-43)41-25-33-50-49-14-6-8-17-53(49)57-54(50)35-41/h3-35H,1-2H3. The molecule has 2 heteroatoms. The van der Waals surface area contributed by atoms with Crippen LogP contribution >= 0.6 is 11.3 Å². The first-order valence-electron chi connectivity index (χ1n) is 19.7. The Hall–Kier alpha value is -6.74. The van der Waals surface area contributed by atoms with E-state index in [1.54, 1.807) is 0 Å². The van der Waals surface area contributed by atoms with E-state index in [9.17, 15) is 0 Å². The fourth-order valence-electron chi connectivity index (χ4n) is 9.11. The SMILES string of the molecule is CC1(C)c2ccccc2-c2ccc(-c3ccc(N(c4ccc(-c5ccc6c(c5)sc5ccccc56)cc4)c4ccc(-c5cccc6ccccc56)cc4)cc3)cc21. The number of nitrogens with zero attached hydrogens (tertiary/aromatic N) is 1. The number of benzene rings is 9. The molecule has 9 aromatic carbocycles. The van der Waals surface area contributed by atoms with Crippen LogP contribution in [-0.2, 0) is 5.41 Å². The van der Waals surface area contributed by atoms with Gasteiger partial charge in [0, 0.05) is 42.6 Å². The molecule has 1 heterocycles. The van der Waals surface area contributed by atoms with Crippen molar-refractivity contribution in [3.8, 4) is 44.5 Å². The highest BCUT2D eigenvalue weighted by molar-refractivity contribution is 7.25. The van der Waals surface area contributed by atoms with E-state index in [0.717, 1.165) is 17.1 Å². The minimum Gasteiger partial charge on any atom is -0.311 e. The van der Waals surface area contributed by atoms with Crippen LogP contribution in [0.25, 0.3) is 75.5 Å². The van der Waals surface area contributed by atoms with Crippen molar-refractivity contribution in [1.29, 1.82) is 0 Å². The maximum atomic E-state index is 2.41. The number of hydrogen-bond acceptors (Lipinski definition) is 2. The summed E-state index contributed by atoms with van der Waals surface area (Å²) in [5.74, 6) is 0.